The number of aromatic nitrogens is 3. The molecule has 0 atom stereocenters. The van der Waals surface area contributed by atoms with Gasteiger partial charge in [-0.3, -0.25) is 9.98 Å². The molecule has 1 fully saturated rings. The molecule has 3 aromatic rings. The van der Waals surface area contributed by atoms with Gasteiger partial charge in [0.15, 0.2) is 0 Å². The topological polar surface area (TPSA) is 55.1 Å². The van der Waals surface area contributed by atoms with Crippen molar-refractivity contribution in [2.45, 2.75) is 25.3 Å². The van der Waals surface area contributed by atoms with Gasteiger partial charge in [0.25, 0.3) is 0 Å². The lowest BCUT2D eigenvalue weighted by atomic mass is 9.94. The Morgan fingerprint density at radius 1 is 1.00 bits per heavy atom. The minimum absolute atomic E-state index is 0.357. The SMILES string of the molecule is Clc1ccc(-n2c3c/c(=N\C4CCC4)c(Nc4cncc(Br)c4)cc-3nc3ccccc32)cc1. The van der Waals surface area contributed by atoms with E-state index in [2.05, 4.69) is 49.0 Å². The molecule has 0 amide bonds. The average molecular weight is 531 g/mol. The predicted molar refractivity (Wildman–Crippen MR) is 141 cm³/mol. The van der Waals surface area contributed by atoms with Gasteiger partial charge in [-0.15, -0.1) is 0 Å². The number of halogens is 2. The normalized spacial score (nSPS) is 14.5. The van der Waals surface area contributed by atoms with Crippen LogP contribution in [-0.4, -0.2) is 20.6 Å². The fraction of sp³-hybridized carbons (Fsp3) is 0.148. The molecule has 1 saturated carbocycles. The number of nitrogens with one attached hydrogen (secondary N) is 1. The van der Waals surface area contributed by atoms with Crippen LogP contribution in [0.3, 0.4) is 0 Å². The third kappa shape index (κ3) is 4.08. The van der Waals surface area contributed by atoms with Gasteiger partial charge in [-0.1, -0.05) is 23.7 Å². The monoisotopic (exact) mass is 529 g/mol. The second kappa shape index (κ2) is 8.85. The molecule has 1 aliphatic heterocycles. The van der Waals surface area contributed by atoms with E-state index in [1.165, 1.54) is 6.42 Å². The largest absolute Gasteiger partial charge is 0.352 e. The van der Waals surface area contributed by atoms with Crippen LogP contribution in [0.2, 0.25) is 5.02 Å². The Morgan fingerprint density at radius 2 is 1.82 bits per heavy atom. The molecule has 0 radical (unpaired) electrons. The molecule has 5 nitrogen and oxygen atoms in total. The van der Waals surface area contributed by atoms with Gasteiger partial charge < -0.3 is 9.88 Å². The van der Waals surface area contributed by atoms with Crippen molar-refractivity contribution in [1.82, 2.24) is 14.5 Å². The van der Waals surface area contributed by atoms with Crippen molar-refractivity contribution >= 4 is 49.9 Å². The van der Waals surface area contributed by atoms with E-state index in [1.54, 1.807) is 6.20 Å². The third-order valence-electron chi connectivity index (χ3n) is 6.16. The van der Waals surface area contributed by atoms with Gasteiger partial charge in [-0.25, -0.2) is 4.98 Å². The molecular formula is C27H21BrClN5. The van der Waals surface area contributed by atoms with Gasteiger partial charge in [0.1, 0.15) is 0 Å². The van der Waals surface area contributed by atoms with E-state index in [0.717, 1.165) is 62.2 Å². The van der Waals surface area contributed by atoms with Crippen molar-refractivity contribution in [3.05, 3.63) is 94.0 Å². The number of pyridine rings is 1. The maximum atomic E-state index is 6.20. The summed E-state index contributed by atoms with van der Waals surface area (Å²) >= 11 is 9.71. The van der Waals surface area contributed by atoms with Gasteiger partial charge in [0, 0.05) is 21.4 Å². The summed E-state index contributed by atoms with van der Waals surface area (Å²) < 4.78 is 3.15. The maximum Gasteiger partial charge on any atom is 0.0900 e. The number of benzene rings is 3. The highest BCUT2D eigenvalue weighted by atomic mass is 79.9. The van der Waals surface area contributed by atoms with Crippen molar-refractivity contribution in [3.63, 3.8) is 0 Å². The van der Waals surface area contributed by atoms with E-state index in [-0.39, 0.29) is 0 Å². The highest BCUT2D eigenvalue weighted by molar-refractivity contribution is 9.10. The Bertz CT molecular complexity index is 1540. The average Bonchev–Trinajstić information content (AvgIpc) is 2.81. The first-order valence-electron chi connectivity index (χ1n) is 11.3. The number of hydrogen-bond acceptors (Lipinski definition) is 4. The fourth-order valence-corrected chi connectivity index (χ4v) is 4.76. The molecule has 34 heavy (non-hydrogen) atoms. The van der Waals surface area contributed by atoms with Crippen molar-refractivity contribution in [2.75, 3.05) is 5.32 Å². The summed E-state index contributed by atoms with van der Waals surface area (Å²) in [7, 11) is 0. The van der Waals surface area contributed by atoms with Crippen molar-refractivity contribution in [3.8, 4) is 17.1 Å². The summed E-state index contributed by atoms with van der Waals surface area (Å²) in [5, 5.41) is 5.16. The van der Waals surface area contributed by atoms with Gasteiger partial charge in [-0.05, 0) is 89.8 Å². The third-order valence-corrected chi connectivity index (χ3v) is 6.85. The molecule has 0 unspecified atom stereocenters. The molecule has 1 N–H and O–H groups in total. The first-order chi connectivity index (χ1) is 16.6. The lowest BCUT2D eigenvalue weighted by Crippen LogP contribution is -2.22. The van der Waals surface area contributed by atoms with E-state index in [0.29, 0.717) is 11.1 Å². The lowest BCUT2D eigenvalue weighted by molar-refractivity contribution is 0.413. The van der Waals surface area contributed by atoms with Crippen LogP contribution >= 0.6 is 27.5 Å². The van der Waals surface area contributed by atoms with Crippen LogP contribution in [0.15, 0.2) is 88.6 Å². The molecule has 6 rings (SSSR count). The van der Waals surface area contributed by atoms with Crippen molar-refractivity contribution in [1.29, 1.82) is 0 Å². The van der Waals surface area contributed by atoms with Crippen LogP contribution < -0.4 is 10.7 Å². The lowest BCUT2D eigenvalue weighted by Gasteiger charge is -2.23. The summed E-state index contributed by atoms with van der Waals surface area (Å²) in [5.41, 5.74) is 6.67. The fourth-order valence-electron chi connectivity index (χ4n) is 4.27. The molecule has 0 saturated heterocycles. The maximum absolute atomic E-state index is 6.20. The number of para-hydroxylation sites is 2. The summed E-state index contributed by atoms with van der Waals surface area (Å²) in [6.07, 6.45) is 7.07. The Balaban J connectivity index is 1.63. The molecule has 168 valence electrons. The van der Waals surface area contributed by atoms with Crippen LogP contribution in [0.4, 0.5) is 11.4 Å². The van der Waals surface area contributed by atoms with Crippen LogP contribution in [0.1, 0.15) is 19.3 Å². The minimum atomic E-state index is 0.357. The second-order valence-corrected chi connectivity index (χ2v) is 9.85. The van der Waals surface area contributed by atoms with Gasteiger partial charge in [-0.2, -0.15) is 0 Å². The first-order valence-corrected chi connectivity index (χ1v) is 12.4. The molecule has 3 aliphatic rings. The zero-order valence-corrected chi connectivity index (χ0v) is 20.6. The Hall–Kier alpha value is -3.22. The van der Waals surface area contributed by atoms with Crippen LogP contribution in [0.25, 0.3) is 28.1 Å². The Morgan fingerprint density at radius 3 is 2.59 bits per heavy atom. The molecule has 2 heterocycles. The van der Waals surface area contributed by atoms with Crippen LogP contribution in [-0.2, 0) is 0 Å². The Kier molecular flexibility index (Phi) is 5.55. The molecular weight excluding hydrogens is 510 g/mol. The van der Waals surface area contributed by atoms with E-state index >= 15 is 0 Å². The molecule has 1 aromatic heterocycles. The molecule has 2 aliphatic carbocycles. The standard InChI is InChI=1S/C27H21BrClN5/c28-17-12-20(16-30-15-17)32-23-13-25-27(14-24(23)31-19-4-3-5-19)34(21-10-8-18(29)9-11-21)26-7-2-1-6-22(26)33-25/h1-2,6-16,19,32H,3-5H2/b31-24+. The van der Waals surface area contributed by atoms with E-state index in [4.69, 9.17) is 21.6 Å². The van der Waals surface area contributed by atoms with E-state index in [1.807, 2.05) is 54.7 Å². The summed E-state index contributed by atoms with van der Waals surface area (Å²) in [6.45, 7) is 0. The quantitative estimate of drug-likeness (QED) is 0.251. The zero-order chi connectivity index (χ0) is 23.1. The smallest absolute Gasteiger partial charge is 0.0900 e. The number of nitrogens with zero attached hydrogens (tertiary/aromatic N) is 4. The predicted octanol–water partition coefficient (Wildman–Crippen LogP) is 7.14. The zero-order valence-electron chi connectivity index (χ0n) is 18.2. The molecule has 2 aromatic carbocycles. The second-order valence-electron chi connectivity index (χ2n) is 8.50. The summed E-state index contributed by atoms with van der Waals surface area (Å²) in [6, 6.07) is 22.7. The highest BCUT2D eigenvalue weighted by Crippen LogP contribution is 2.31. The first kappa shape index (κ1) is 21.3. The summed E-state index contributed by atoms with van der Waals surface area (Å²) in [4.78, 5) is 14.4. The van der Waals surface area contributed by atoms with Gasteiger partial charge in [0.2, 0.25) is 0 Å². The molecule has 7 heteroatoms. The molecule has 0 bridgehead atoms. The molecule has 0 spiro atoms. The van der Waals surface area contributed by atoms with Gasteiger partial charge in [0.05, 0.1) is 51.4 Å². The number of anilines is 2. The van der Waals surface area contributed by atoms with Gasteiger partial charge >= 0.3 is 0 Å². The minimum Gasteiger partial charge on any atom is -0.352 e. The Labute approximate surface area is 210 Å². The number of fused-ring (bicyclic) bond motifs is 2. The number of hydrogen-bond donors (Lipinski definition) is 1. The highest BCUT2D eigenvalue weighted by Gasteiger charge is 2.19. The van der Waals surface area contributed by atoms with E-state index < -0.39 is 0 Å². The van der Waals surface area contributed by atoms with Crippen LogP contribution in [0, 0.1) is 0 Å². The summed E-state index contributed by atoms with van der Waals surface area (Å²) in [5.74, 6) is 0. The van der Waals surface area contributed by atoms with Crippen molar-refractivity contribution < 1.29 is 0 Å². The van der Waals surface area contributed by atoms with Crippen LogP contribution in [0.5, 0.6) is 0 Å². The van der Waals surface area contributed by atoms with E-state index in [9.17, 15) is 0 Å². The van der Waals surface area contributed by atoms with Crippen molar-refractivity contribution in [2.24, 2.45) is 4.99 Å². The number of rotatable bonds is 4.